The maximum absolute atomic E-state index is 6.12. The quantitative estimate of drug-likeness (QED) is 0.739. The molecule has 1 aliphatic heterocycles. The first-order chi connectivity index (χ1) is 8.00. The maximum atomic E-state index is 6.12. The van der Waals surface area contributed by atoms with Crippen molar-refractivity contribution in [3.8, 4) is 0 Å². The molecule has 3 nitrogen and oxygen atoms in total. The summed E-state index contributed by atoms with van der Waals surface area (Å²) in [5.74, 6) is 2.40. The Morgan fingerprint density at radius 2 is 2.12 bits per heavy atom. The van der Waals surface area contributed by atoms with Crippen LogP contribution in [0.3, 0.4) is 0 Å². The van der Waals surface area contributed by atoms with Crippen molar-refractivity contribution in [2.24, 2.45) is 11.1 Å². The number of hydrogen-bond donors (Lipinski definition) is 1. The van der Waals surface area contributed by atoms with Gasteiger partial charge in [0.25, 0.3) is 0 Å². The molecule has 1 aliphatic rings. The molecular formula is C13H28N2OS. The highest BCUT2D eigenvalue weighted by Crippen LogP contribution is 2.44. The average molecular weight is 260 g/mol. The van der Waals surface area contributed by atoms with Crippen molar-refractivity contribution in [2.75, 3.05) is 44.9 Å². The minimum Gasteiger partial charge on any atom is -0.380 e. The lowest BCUT2D eigenvalue weighted by Crippen LogP contribution is -2.65. The molecule has 0 saturated carbocycles. The number of ether oxygens (including phenoxy) is 1. The second kappa shape index (κ2) is 6.41. The zero-order chi connectivity index (χ0) is 12.9. The summed E-state index contributed by atoms with van der Waals surface area (Å²) in [6.07, 6.45) is 1.24. The standard InChI is InChI=1S/C13H28N2OS/c1-5-16-8-7-15(4)13(10-14)11-17-9-6-12(13,2)3/h5-11,14H2,1-4H3. The van der Waals surface area contributed by atoms with Gasteiger partial charge < -0.3 is 10.5 Å². The van der Waals surface area contributed by atoms with Crippen LogP contribution in [0.2, 0.25) is 0 Å². The molecule has 0 spiro atoms. The number of nitrogens with two attached hydrogens (primary N) is 1. The molecule has 17 heavy (non-hydrogen) atoms. The molecule has 0 amide bonds. The number of hydrogen-bond acceptors (Lipinski definition) is 4. The number of nitrogens with zero attached hydrogens (tertiary/aromatic N) is 1. The average Bonchev–Trinajstić information content (AvgIpc) is 2.29. The third-order valence-corrected chi connectivity index (χ3v) is 5.49. The lowest BCUT2D eigenvalue weighted by Gasteiger charge is -2.54. The van der Waals surface area contributed by atoms with Crippen LogP contribution in [0.25, 0.3) is 0 Å². The van der Waals surface area contributed by atoms with Crippen LogP contribution in [0.1, 0.15) is 27.2 Å². The maximum Gasteiger partial charge on any atom is 0.0593 e. The fraction of sp³-hybridized carbons (Fsp3) is 1.00. The number of likely N-dealkylation sites (N-methyl/N-ethyl adjacent to an activating group) is 1. The molecule has 1 fully saturated rings. The summed E-state index contributed by atoms with van der Waals surface area (Å²) in [6, 6.07) is 0. The highest BCUT2D eigenvalue weighted by atomic mass is 32.2. The van der Waals surface area contributed by atoms with Gasteiger partial charge in [0, 0.05) is 31.0 Å². The molecular weight excluding hydrogens is 232 g/mol. The van der Waals surface area contributed by atoms with Gasteiger partial charge in [-0.1, -0.05) is 13.8 Å². The molecule has 0 aliphatic carbocycles. The third-order valence-electron chi connectivity index (χ3n) is 4.32. The van der Waals surface area contributed by atoms with Gasteiger partial charge >= 0.3 is 0 Å². The number of thioether (sulfide) groups is 1. The summed E-state index contributed by atoms with van der Waals surface area (Å²) in [5.41, 5.74) is 6.53. The van der Waals surface area contributed by atoms with Gasteiger partial charge in [0.15, 0.2) is 0 Å². The van der Waals surface area contributed by atoms with Crippen LogP contribution in [-0.2, 0) is 4.74 Å². The van der Waals surface area contributed by atoms with Crippen molar-refractivity contribution in [1.82, 2.24) is 4.90 Å². The van der Waals surface area contributed by atoms with Gasteiger partial charge in [0.2, 0.25) is 0 Å². The van der Waals surface area contributed by atoms with E-state index in [2.05, 4.69) is 25.8 Å². The Bertz CT molecular complexity index is 235. The van der Waals surface area contributed by atoms with Crippen molar-refractivity contribution in [3.05, 3.63) is 0 Å². The van der Waals surface area contributed by atoms with Crippen LogP contribution in [0.5, 0.6) is 0 Å². The molecule has 0 radical (unpaired) electrons. The third kappa shape index (κ3) is 3.16. The molecule has 1 saturated heterocycles. The van der Waals surface area contributed by atoms with Gasteiger partial charge in [-0.15, -0.1) is 0 Å². The van der Waals surface area contributed by atoms with Gasteiger partial charge in [0.1, 0.15) is 0 Å². The Balaban J connectivity index is 2.71. The highest BCUT2D eigenvalue weighted by molar-refractivity contribution is 7.99. The van der Waals surface area contributed by atoms with E-state index in [1.807, 2.05) is 18.7 Å². The van der Waals surface area contributed by atoms with Crippen LogP contribution in [-0.4, -0.2) is 55.3 Å². The fourth-order valence-corrected chi connectivity index (χ4v) is 4.54. The monoisotopic (exact) mass is 260 g/mol. The normalized spacial score (nSPS) is 28.6. The Hall–Kier alpha value is 0.230. The van der Waals surface area contributed by atoms with E-state index in [-0.39, 0.29) is 11.0 Å². The van der Waals surface area contributed by atoms with E-state index >= 15 is 0 Å². The van der Waals surface area contributed by atoms with E-state index in [0.717, 1.165) is 32.1 Å². The summed E-state index contributed by atoms with van der Waals surface area (Å²) < 4.78 is 5.46. The summed E-state index contributed by atoms with van der Waals surface area (Å²) in [5, 5.41) is 0. The molecule has 102 valence electrons. The van der Waals surface area contributed by atoms with Crippen LogP contribution >= 0.6 is 11.8 Å². The van der Waals surface area contributed by atoms with Crippen molar-refractivity contribution >= 4 is 11.8 Å². The van der Waals surface area contributed by atoms with Gasteiger partial charge in [0.05, 0.1) is 6.61 Å². The fourth-order valence-electron chi connectivity index (χ4n) is 2.67. The molecule has 0 aromatic carbocycles. The summed E-state index contributed by atoms with van der Waals surface area (Å²) in [4.78, 5) is 2.43. The molecule has 1 heterocycles. The SMILES string of the molecule is CCOCCN(C)C1(CN)CSCCC1(C)C. The summed E-state index contributed by atoms with van der Waals surface area (Å²) >= 11 is 2.03. The predicted octanol–water partition coefficient (Wildman–Crippen LogP) is 1.82. The summed E-state index contributed by atoms with van der Waals surface area (Å²) in [6.45, 7) is 10.0. The van der Waals surface area contributed by atoms with E-state index in [0.29, 0.717) is 0 Å². The number of rotatable bonds is 6. The minimum absolute atomic E-state index is 0.118. The highest BCUT2D eigenvalue weighted by Gasteiger charge is 2.48. The van der Waals surface area contributed by atoms with Crippen LogP contribution < -0.4 is 5.73 Å². The smallest absolute Gasteiger partial charge is 0.0593 e. The molecule has 0 bridgehead atoms. The topological polar surface area (TPSA) is 38.5 Å². The lowest BCUT2D eigenvalue weighted by molar-refractivity contribution is 0.00133. The van der Waals surface area contributed by atoms with Gasteiger partial charge in [-0.25, -0.2) is 0 Å². The zero-order valence-electron chi connectivity index (χ0n) is 11.8. The molecule has 0 aromatic heterocycles. The van der Waals surface area contributed by atoms with Gasteiger partial charge in [-0.05, 0) is 31.6 Å². The van der Waals surface area contributed by atoms with E-state index < -0.39 is 0 Å². The minimum atomic E-state index is 0.118. The molecule has 1 atom stereocenters. The zero-order valence-corrected chi connectivity index (χ0v) is 12.6. The molecule has 2 N–H and O–H groups in total. The molecule has 1 rings (SSSR count). The first-order valence-electron chi connectivity index (χ1n) is 6.57. The first-order valence-corrected chi connectivity index (χ1v) is 7.72. The Morgan fingerprint density at radius 1 is 1.41 bits per heavy atom. The second-order valence-corrected chi connectivity index (χ2v) is 6.65. The van der Waals surface area contributed by atoms with Crippen LogP contribution in [0.15, 0.2) is 0 Å². The van der Waals surface area contributed by atoms with E-state index in [9.17, 15) is 0 Å². The predicted molar refractivity (Wildman–Crippen MR) is 76.6 cm³/mol. The second-order valence-electron chi connectivity index (χ2n) is 5.54. The molecule has 1 unspecified atom stereocenters. The molecule has 4 heteroatoms. The van der Waals surface area contributed by atoms with Crippen molar-refractivity contribution in [1.29, 1.82) is 0 Å². The van der Waals surface area contributed by atoms with Crippen LogP contribution in [0.4, 0.5) is 0 Å². The Kier molecular flexibility index (Phi) is 5.77. The van der Waals surface area contributed by atoms with Crippen LogP contribution in [0, 0.1) is 5.41 Å². The Labute approximate surface area is 110 Å². The Morgan fingerprint density at radius 3 is 2.65 bits per heavy atom. The largest absolute Gasteiger partial charge is 0.380 e. The van der Waals surface area contributed by atoms with E-state index in [4.69, 9.17) is 10.5 Å². The first kappa shape index (κ1) is 15.3. The molecule has 0 aromatic rings. The van der Waals surface area contributed by atoms with E-state index in [1.165, 1.54) is 12.2 Å². The van der Waals surface area contributed by atoms with Crippen molar-refractivity contribution in [3.63, 3.8) is 0 Å². The summed E-state index contributed by atoms with van der Waals surface area (Å²) in [7, 11) is 2.19. The van der Waals surface area contributed by atoms with Crippen molar-refractivity contribution < 1.29 is 4.74 Å². The van der Waals surface area contributed by atoms with E-state index in [1.54, 1.807) is 0 Å². The van der Waals surface area contributed by atoms with Gasteiger partial charge in [-0.3, -0.25) is 4.90 Å². The van der Waals surface area contributed by atoms with Crippen molar-refractivity contribution in [2.45, 2.75) is 32.7 Å². The van der Waals surface area contributed by atoms with Gasteiger partial charge in [-0.2, -0.15) is 11.8 Å². The lowest BCUT2D eigenvalue weighted by atomic mass is 9.70.